The van der Waals surface area contributed by atoms with Crippen molar-refractivity contribution in [1.82, 2.24) is 4.90 Å². The lowest BCUT2D eigenvalue weighted by Gasteiger charge is -2.45. The van der Waals surface area contributed by atoms with Gasteiger partial charge in [0, 0.05) is 30.2 Å². The molecule has 5 aliphatic rings. The van der Waals surface area contributed by atoms with Gasteiger partial charge in [-0.15, -0.1) is 0 Å². The summed E-state index contributed by atoms with van der Waals surface area (Å²) >= 11 is 0. The van der Waals surface area contributed by atoms with Gasteiger partial charge in [0.05, 0.1) is 5.92 Å². The SMILES string of the molecule is O=C1C2CC3C1OC1(C4CCCCC4)C3C2C(=O)N1Cc1ccccc1. The molecule has 4 heteroatoms. The lowest BCUT2D eigenvalue weighted by molar-refractivity contribution is -0.193. The van der Waals surface area contributed by atoms with Gasteiger partial charge in [0.15, 0.2) is 11.5 Å². The molecule has 0 spiro atoms. The van der Waals surface area contributed by atoms with Gasteiger partial charge >= 0.3 is 0 Å². The van der Waals surface area contributed by atoms with Gasteiger partial charge in [0.2, 0.25) is 5.91 Å². The Balaban J connectivity index is 1.46. The van der Waals surface area contributed by atoms with E-state index in [0.29, 0.717) is 12.5 Å². The molecule has 3 saturated carbocycles. The summed E-state index contributed by atoms with van der Waals surface area (Å²) in [5.74, 6) is 1.13. The van der Waals surface area contributed by atoms with Crippen LogP contribution in [0.3, 0.4) is 0 Å². The molecule has 5 fully saturated rings. The van der Waals surface area contributed by atoms with E-state index in [-0.39, 0.29) is 41.5 Å². The van der Waals surface area contributed by atoms with E-state index < -0.39 is 5.72 Å². The number of rotatable bonds is 3. The van der Waals surface area contributed by atoms with Gasteiger partial charge in [-0.05, 0) is 24.8 Å². The average molecular weight is 351 g/mol. The molecule has 2 saturated heterocycles. The summed E-state index contributed by atoms with van der Waals surface area (Å²) in [4.78, 5) is 28.3. The molecule has 6 rings (SSSR count). The van der Waals surface area contributed by atoms with Gasteiger partial charge in [-0.25, -0.2) is 0 Å². The summed E-state index contributed by atoms with van der Waals surface area (Å²) in [6.07, 6.45) is 6.61. The zero-order valence-electron chi connectivity index (χ0n) is 15.0. The van der Waals surface area contributed by atoms with E-state index in [1.165, 1.54) is 19.3 Å². The van der Waals surface area contributed by atoms with Gasteiger partial charge in [0.1, 0.15) is 6.10 Å². The predicted octanol–water partition coefficient (Wildman–Crippen LogP) is 3.16. The lowest BCUT2D eigenvalue weighted by Crippen LogP contribution is -2.55. The Morgan fingerprint density at radius 2 is 1.85 bits per heavy atom. The largest absolute Gasteiger partial charge is 0.344 e. The monoisotopic (exact) mass is 351 g/mol. The molecule has 4 nitrogen and oxygen atoms in total. The van der Waals surface area contributed by atoms with Crippen molar-refractivity contribution in [2.45, 2.75) is 56.9 Å². The van der Waals surface area contributed by atoms with E-state index in [0.717, 1.165) is 24.8 Å². The molecule has 2 bridgehead atoms. The molecule has 1 aromatic rings. The summed E-state index contributed by atoms with van der Waals surface area (Å²) in [5, 5.41) is 0. The van der Waals surface area contributed by atoms with Gasteiger partial charge in [-0.3, -0.25) is 9.59 Å². The number of fused-ring (bicyclic) bond motifs is 2. The number of nitrogens with zero attached hydrogens (tertiary/aromatic N) is 1. The second-order valence-electron chi connectivity index (χ2n) is 9.00. The molecule has 1 aromatic carbocycles. The minimum Gasteiger partial charge on any atom is -0.344 e. The van der Waals surface area contributed by atoms with Crippen molar-refractivity contribution in [3.8, 4) is 0 Å². The van der Waals surface area contributed by atoms with E-state index >= 15 is 0 Å². The van der Waals surface area contributed by atoms with Gasteiger partial charge in [0.25, 0.3) is 0 Å². The smallest absolute Gasteiger partial charge is 0.229 e. The van der Waals surface area contributed by atoms with Crippen LogP contribution >= 0.6 is 0 Å². The number of hydrogen-bond acceptors (Lipinski definition) is 3. The van der Waals surface area contributed by atoms with Gasteiger partial charge in [-0.2, -0.15) is 0 Å². The molecule has 26 heavy (non-hydrogen) atoms. The standard InChI is InChI=1S/C22H25NO3/c24-19-15-11-16-18-17(15)21(25)23(12-13-7-3-1-4-8-13)22(18,26-20(16)19)14-9-5-2-6-10-14/h1,3-4,7-8,14-18,20H,2,5-6,9-12H2. The lowest BCUT2D eigenvalue weighted by atomic mass is 9.70. The molecule has 0 aromatic heterocycles. The molecule has 2 aliphatic heterocycles. The van der Waals surface area contributed by atoms with Crippen LogP contribution in [0.25, 0.3) is 0 Å². The molecular weight excluding hydrogens is 326 g/mol. The zero-order chi connectivity index (χ0) is 17.5. The number of carbonyl (C=O) groups excluding carboxylic acids is 2. The van der Waals surface area contributed by atoms with Crippen molar-refractivity contribution in [3.05, 3.63) is 35.9 Å². The van der Waals surface area contributed by atoms with E-state index in [1.807, 2.05) is 18.2 Å². The van der Waals surface area contributed by atoms with Crippen LogP contribution in [-0.4, -0.2) is 28.4 Å². The first-order valence-corrected chi connectivity index (χ1v) is 10.3. The Bertz CT molecular complexity index is 771. The molecular formula is C22H25NO3. The Kier molecular flexibility index (Phi) is 3.07. The number of ether oxygens (including phenoxy) is 1. The number of likely N-dealkylation sites (tertiary alicyclic amines) is 1. The molecule has 136 valence electrons. The third-order valence-electron chi connectivity index (χ3n) is 7.98. The fraction of sp³-hybridized carbons (Fsp3) is 0.636. The summed E-state index contributed by atoms with van der Waals surface area (Å²) < 4.78 is 6.68. The summed E-state index contributed by atoms with van der Waals surface area (Å²) in [7, 11) is 0. The van der Waals surface area contributed by atoms with Crippen molar-refractivity contribution in [2.24, 2.45) is 29.6 Å². The normalized spacial score (nSPS) is 43.7. The van der Waals surface area contributed by atoms with E-state index in [1.54, 1.807) is 0 Å². The molecule has 6 atom stereocenters. The van der Waals surface area contributed by atoms with Crippen LogP contribution in [0.4, 0.5) is 0 Å². The minimum atomic E-state index is -0.520. The summed E-state index contributed by atoms with van der Waals surface area (Å²) in [6, 6.07) is 10.3. The topological polar surface area (TPSA) is 46.6 Å². The summed E-state index contributed by atoms with van der Waals surface area (Å²) in [5.41, 5.74) is 0.636. The van der Waals surface area contributed by atoms with Crippen molar-refractivity contribution < 1.29 is 14.3 Å². The highest BCUT2D eigenvalue weighted by Crippen LogP contribution is 2.69. The predicted molar refractivity (Wildman–Crippen MR) is 94.8 cm³/mol. The second-order valence-corrected chi connectivity index (χ2v) is 9.00. The van der Waals surface area contributed by atoms with Gasteiger partial charge < -0.3 is 9.64 Å². The van der Waals surface area contributed by atoms with Crippen LogP contribution in [0.1, 0.15) is 44.1 Å². The summed E-state index contributed by atoms with van der Waals surface area (Å²) in [6.45, 7) is 0.615. The van der Waals surface area contributed by atoms with E-state index in [9.17, 15) is 9.59 Å². The highest BCUT2D eigenvalue weighted by molar-refractivity contribution is 5.98. The molecule has 2 heterocycles. The van der Waals surface area contributed by atoms with Crippen LogP contribution in [0, 0.1) is 29.6 Å². The second kappa shape index (κ2) is 5.19. The van der Waals surface area contributed by atoms with Crippen LogP contribution in [0.2, 0.25) is 0 Å². The molecule has 1 amide bonds. The fourth-order valence-corrected chi connectivity index (χ4v) is 7.12. The van der Waals surface area contributed by atoms with Crippen LogP contribution < -0.4 is 0 Å². The first kappa shape index (κ1) is 15.4. The Hall–Kier alpha value is -1.68. The first-order chi connectivity index (χ1) is 12.7. The highest BCUT2D eigenvalue weighted by Gasteiger charge is 2.79. The van der Waals surface area contributed by atoms with Crippen LogP contribution in [0.5, 0.6) is 0 Å². The number of amides is 1. The van der Waals surface area contributed by atoms with Crippen LogP contribution in [-0.2, 0) is 20.9 Å². The van der Waals surface area contributed by atoms with Crippen molar-refractivity contribution in [1.29, 1.82) is 0 Å². The Morgan fingerprint density at radius 1 is 1.08 bits per heavy atom. The number of ketones is 1. The van der Waals surface area contributed by atoms with E-state index in [2.05, 4.69) is 17.0 Å². The van der Waals surface area contributed by atoms with Crippen molar-refractivity contribution in [2.75, 3.05) is 0 Å². The number of carbonyl (C=O) groups is 2. The molecule has 3 aliphatic carbocycles. The molecule has 6 unspecified atom stereocenters. The molecule has 0 N–H and O–H groups in total. The average Bonchev–Trinajstić information content (AvgIpc) is 3.35. The number of Topliss-reactive ketones (excluding diaryl/α,β-unsaturated/α-hetero) is 1. The van der Waals surface area contributed by atoms with E-state index in [4.69, 9.17) is 4.74 Å². The number of benzene rings is 1. The maximum absolute atomic E-state index is 13.5. The first-order valence-electron chi connectivity index (χ1n) is 10.3. The maximum Gasteiger partial charge on any atom is 0.229 e. The fourth-order valence-electron chi connectivity index (χ4n) is 7.12. The molecule has 0 radical (unpaired) electrons. The highest BCUT2D eigenvalue weighted by atomic mass is 16.5. The third kappa shape index (κ3) is 1.70. The quantitative estimate of drug-likeness (QED) is 0.840. The number of hydrogen-bond donors (Lipinski definition) is 0. The van der Waals surface area contributed by atoms with Crippen molar-refractivity contribution in [3.63, 3.8) is 0 Å². The van der Waals surface area contributed by atoms with Crippen molar-refractivity contribution >= 4 is 11.7 Å². The third-order valence-corrected chi connectivity index (χ3v) is 7.98. The van der Waals surface area contributed by atoms with Crippen LogP contribution in [0.15, 0.2) is 30.3 Å². The minimum absolute atomic E-state index is 0.0752. The van der Waals surface area contributed by atoms with Gasteiger partial charge in [-0.1, -0.05) is 49.6 Å². The Morgan fingerprint density at radius 3 is 2.62 bits per heavy atom. The zero-order valence-corrected chi connectivity index (χ0v) is 15.0. The maximum atomic E-state index is 13.5. The Labute approximate surface area is 153 Å².